The number of terminal acetylenes is 1. The van der Waals surface area contributed by atoms with Crippen molar-refractivity contribution in [2.24, 2.45) is 0 Å². The van der Waals surface area contributed by atoms with Gasteiger partial charge in [0.05, 0.1) is 12.1 Å². The van der Waals surface area contributed by atoms with E-state index in [1.807, 2.05) is 13.8 Å². The molecule has 2 nitrogen and oxygen atoms in total. The van der Waals surface area contributed by atoms with E-state index in [1.165, 1.54) is 0 Å². The summed E-state index contributed by atoms with van der Waals surface area (Å²) in [7, 11) is 0. The molecule has 0 aliphatic carbocycles. The summed E-state index contributed by atoms with van der Waals surface area (Å²) < 4.78 is 0. The minimum absolute atomic E-state index is 0. The van der Waals surface area contributed by atoms with Crippen LogP contribution in [0.3, 0.4) is 0 Å². The predicted molar refractivity (Wildman–Crippen MR) is 48.8 cm³/mol. The zero-order chi connectivity index (χ0) is 8.20. The lowest BCUT2D eigenvalue weighted by molar-refractivity contribution is -0.122. The van der Waals surface area contributed by atoms with Crippen molar-refractivity contribution >= 4 is 18.2 Å². The van der Waals surface area contributed by atoms with E-state index in [2.05, 4.69) is 11.2 Å². The van der Waals surface area contributed by atoms with Crippen molar-refractivity contribution in [3.8, 4) is 12.3 Å². The molecule has 0 amide bonds. The summed E-state index contributed by atoms with van der Waals surface area (Å²) in [5.74, 6) is 2.52. The molecule has 0 aliphatic rings. The molecule has 0 fully saturated rings. The number of Topliss-reactive ketones (excluding diaryl/α,β-unsaturated/α-hetero) is 1. The van der Waals surface area contributed by atoms with Gasteiger partial charge in [-0.05, 0) is 20.8 Å². The second-order valence-corrected chi connectivity index (χ2v) is 2.74. The Morgan fingerprint density at radius 2 is 2.09 bits per heavy atom. The zero-order valence-electron chi connectivity index (χ0n) is 7.10. The van der Waals surface area contributed by atoms with Crippen LogP contribution < -0.4 is 5.32 Å². The van der Waals surface area contributed by atoms with E-state index in [1.54, 1.807) is 6.92 Å². The largest absolute Gasteiger partial charge is 0.298 e. The summed E-state index contributed by atoms with van der Waals surface area (Å²) in [6.07, 6.45) is 5.01. The lowest BCUT2D eigenvalue weighted by Crippen LogP contribution is -2.45. The van der Waals surface area contributed by atoms with Crippen LogP contribution in [0.2, 0.25) is 0 Å². The Bertz CT molecular complexity index is 169. The van der Waals surface area contributed by atoms with Gasteiger partial charge in [0.25, 0.3) is 0 Å². The van der Waals surface area contributed by atoms with Crippen molar-refractivity contribution in [2.45, 2.75) is 26.3 Å². The summed E-state index contributed by atoms with van der Waals surface area (Å²) in [4.78, 5) is 10.8. The van der Waals surface area contributed by atoms with Crippen LogP contribution in [0.25, 0.3) is 0 Å². The Morgan fingerprint density at radius 1 is 1.64 bits per heavy atom. The minimum atomic E-state index is -0.480. The summed E-state index contributed by atoms with van der Waals surface area (Å²) >= 11 is 0. The van der Waals surface area contributed by atoms with Crippen molar-refractivity contribution < 1.29 is 4.79 Å². The van der Waals surface area contributed by atoms with Gasteiger partial charge in [0, 0.05) is 0 Å². The average Bonchev–Trinajstić information content (AvgIpc) is 1.84. The van der Waals surface area contributed by atoms with Crippen LogP contribution in [0.15, 0.2) is 0 Å². The molecule has 0 saturated heterocycles. The Balaban J connectivity index is 0. The molecule has 0 unspecified atom stereocenters. The molecule has 64 valence electrons. The molecule has 0 aliphatic heterocycles. The van der Waals surface area contributed by atoms with Gasteiger partial charge < -0.3 is 0 Å². The van der Waals surface area contributed by atoms with Crippen LogP contribution in [-0.2, 0) is 4.79 Å². The maximum absolute atomic E-state index is 10.8. The van der Waals surface area contributed by atoms with Crippen molar-refractivity contribution in [3.63, 3.8) is 0 Å². The summed E-state index contributed by atoms with van der Waals surface area (Å²) in [5.41, 5.74) is -0.480. The first-order chi connectivity index (χ1) is 4.50. The van der Waals surface area contributed by atoms with Crippen LogP contribution in [-0.4, -0.2) is 17.9 Å². The SMILES string of the molecule is C#CCNC(C)(C)C(C)=O.Cl. The molecule has 3 heteroatoms. The lowest BCUT2D eigenvalue weighted by Gasteiger charge is -2.21. The lowest BCUT2D eigenvalue weighted by atomic mass is 10.0. The zero-order valence-corrected chi connectivity index (χ0v) is 7.92. The van der Waals surface area contributed by atoms with Gasteiger partial charge in [-0.1, -0.05) is 5.92 Å². The first-order valence-corrected chi connectivity index (χ1v) is 3.20. The van der Waals surface area contributed by atoms with E-state index >= 15 is 0 Å². The normalized spacial score (nSPS) is 9.64. The second-order valence-electron chi connectivity index (χ2n) is 2.74. The Kier molecular flexibility index (Phi) is 6.16. The van der Waals surface area contributed by atoms with Crippen molar-refractivity contribution in [3.05, 3.63) is 0 Å². The van der Waals surface area contributed by atoms with E-state index in [0.717, 1.165) is 0 Å². The van der Waals surface area contributed by atoms with Crippen molar-refractivity contribution in [2.75, 3.05) is 6.54 Å². The molecule has 0 bridgehead atoms. The molecule has 0 spiro atoms. The number of hydrogen-bond acceptors (Lipinski definition) is 2. The number of halogens is 1. The third-order valence-corrected chi connectivity index (χ3v) is 1.51. The third-order valence-electron chi connectivity index (χ3n) is 1.51. The standard InChI is InChI=1S/C8H13NO.ClH/c1-5-6-9-8(3,4)7(2)10;/h1,9H,6H2,2-4H3;1H. The molecule has 11 heavy (non-hydrogen) atoms. The quantitative estimate of drug-likeness (QED) is 0.649. The molecule has 1 N–H and O–H groups in total. The molecule has 0 heterocycles. The highest BCUT2D eigenvalue weighted by Gasteiger charge is 2.21. The second kappa shape index (κ2) is 5.17. The van der Waals surface area contributed by atoms with E-state index in [0.29, 0.717) is 6.54 Å². The van der Waals surface area contributed by atoms with Crippen LogP contribution in [0.4, 0.5) is 0 Å². The molecule has 0 rings (SSSR count). The monoisotopic (exact) mass is 175 g/mol. The molecule has 0 saturated carbocycles. The Morgan fingerprint density at radius 3 is 2.36 bits per heavy atom. The highest BCUT2D eigenvalue weighted by molar-refractivity contribution is 5.85. The maximum Gasteiger partial charge on any atom is 0.149 e. The fourth-order valence-electron chi connectivity index (χ4n) is 0.396. The average molecular weight is 176 g/mol. The molecule has 0 aromatic carbocycles. The minimum Gasteiger partial charge on any atom is -0.298 e. The van der Waals surface area contributed by atoms with E-state index < -0.39 is 5.54 Å². The molecular weight excluding hydrogens is 162 g/mol. The predicted octanol–water partition coefficient (Wildman–Crippen LogP) is 0.999. The van der Waals surface area contributed by atoms with Crippen LogP contribution in [0.1, 0.15) is 20.8 Å². The highest BCUT2D eigenvalue weighted by atomic mass is 35.5. The molecule has 0 radical (unpaired) electrons. The van der Waals surface area contributed by atoms with Gasteiger partial charge >= 0.3 is 0 Å². The van der Waals surface area contributed by atoms with Crippen LogP contribution >= 0.6 is 12.4 Å². The maximum atomic E-state index is 10.8. The van der Waals surface area contributed by atoms with E-state index in [9.17, 15) is 4.79 Å². The van der Waals surface area contributed by atoms with Gasteiger partial charge in [0.2, 0.25) is 0 Å². The molecular formula is C8H14ClNO. The topological polar surface area (TPSA) is 29.1 Å². The molecule has 0 atom stereocenters. The van der Waals surface area contributed by atoms with Crippen molar-refractivity contribution in [1.82, 2.24) is 5.32 Å². The number of nitrogens with one attached hydrogen (secondary N) is 1. The summed E-state index contributed by atoms with van der Waals surface area (Å²) in [5, 5.41) is 2.92. The van der Waals surface area contributed by atoms with Gasteiger partial charge in [0.1, 0.15) is 5.78 Å². The van der Waals surface area contributed by atoms with E-state index in [4.69, 9.17) is 6.42 Å². The molecule has 0 aromatic heterocycles. The van der Waals surface area contributed by atoms with Gasteiger partial charge in [0.15, 0.2) is 0 Å². The van der Waals surface area contributed by atoms with Gasteiger partial charge in [-0.2, -0.15) is 0 Å². The van der Waals surface area contributed by atoms with E-state index in [-0.39, 0.29) is 18.2 Å². The smallest absolute Gasteiger partial charge is 0.149 e. The van der Waals surface area contributed by atoms with Crippen LogP contribution in [0, 0.1) is 12.3 Å². The van der Waals surface area contributed by atoms with Crippen LogP contribution in [0.5, 0.6) is 0 Å². The first kappa shape index (κ1) is 13.1. The first-order valence-electron chi connectivity index (χ1n) is 3.20. The number of hydrogen-bond donors (Lipinski definition) is 1. The molecule has 0 aromatic rings. The van der Waals surface area contributed by atoms with Gasteiger partial charge in [-0.15, -0.1) is 18.8 Å². The number of ketones is 1. The van der Waals surface area contributed by atoms with Gasteiger partial charge in [-0.25, -0.2) is 0 Å². The number of carbonyl (C=O) groups excluding carboxylic acids is 1. The fourth-order valence-corrected chi connectivity index (χ4v) is 0.396. The highest BCUT2D eigenvalue weighted by Crippen LogP contribution is 2.01. The fraction of sp³-hybridized carbons (Fsp3) is 0.625. The Hall–Kier alpha value is -0.520. The Labute approximate surface area is 74.2 Å². The number of carbonyl (C=O) groups is 1. The third kappa shape index (κ3) is 4.83. The van der Waals surface area contributed by atoms with Crippen molar-refractivity contribution in [1.29, 1.82) is 0 Å². The van der Waals surface area contributed by atoms with Gasteiger partial charge in [-0.3, -0.25) is 10.1 Å². The summed E-state index contributed by atoms with van der Waals surface area (Å²) in [6.45, 7) is 5.61. The summed E-state index contributed by atoms with van der Waals surface area (Å²) in [6, 6.07) is 0. The number of rotatable bonds is 3.